The molecule has 1 aromatic carbocycles. The average Bonchev–Trinajstić information content (AvgIpc) is 3.62. The Labute approximate surface area is 234 Å². The number of carbonyl (C=O) groups is 1. The van der Waals surface area contributed by atoms with Crippen molar-refractivity contribution in [2.24, 2.45) is 0 Å². The normalized spacial score (nSPS) is 13.7. The molecule has 0 radical (unpaired) electrons. The van der Waals surface area contributed by atoms with Crippen LogP contribution in [0.2, 0.25) is 0 Å². The van der Waals surface area contributed by atoms with E-state index in [-0.39, 0.29) is 5.91 Å². The van der Waals surface area contributed by atoms with E-state index >= 15 is 0 Å². The van der Waals surface area contributed by atoms with Gasteiger partial charge in [-0.25, -0.2) is 19.9 Å². The summed E-state index contributed by atoms with van der Waals surface area (Å²) >= 11 is 1.78. The van der Waals surface area contributed by atoms with Gasteiger partial charge in [0.2, 0.25) is 11.9 Å². The number of nitrogens with one attached hydrogen (secondary N) is 1. The Balaban J connectivity index is 1.11. The van der Waals surface area contributed by atoms with E-state index in [1.54, 1.807) is 24.5 Å². The van der Waals surface area contributed by atoms with E-state index in [1.165, 1.54) is 15.0 Å². The molecule has 0 aliphatic carbocycles. The van der Waals surface area contributed by atoms with Crippen molar-refractivity contribution in [3.8, 4) is 21.8 Å². The van der Waals surface area contributed by atoms with E-state index in [4.69, 9.17) is 4.98 Å². The molecule has 1 fully saturated rings. The maximum atomic E-state index is 11.6. The predicted octanol–water partition coefficient (Wildman–Crippen LogP) is 5.48. The predicted molar refractivity (Wildman–Crippen MR) is 159 cm³/mol. The number of nitrogens with zero attached hydrogens (tertiary/aromatic N) is 7. The molecule has 1 amide bonds. The monoisotopic (exact) mass is 546 g/mol. The minimum absolute atomic E-state index is 0.125. The summed E-state index contributed by atoms with van der Waals surface area (Å²) in [5, 5.41) is 4.47. The lowest BCUT2D eigenvalue weighted by Gasteiger charge is -2.35. The number of piperazine rings is 1. The van der Waals surface area contributed by atoms with Crippen molar-refractivity contribution in [1.29, 1.82) is 0 Å². The van der Waals surface area contributed by atoms with Crippen LogP contribution in [-0.2, 0) is 4.79 Å². The van der Waals surface area contributed by atoms with Gasteiger partial charge in [-0.05, 0) is 47.9 Å². The van der Waals surface area contributed by atoms with E-state index in [2.05, 4.69) is 72.2 Å². The standard InChI is InChI=1S/C30H26N8OS/c1-20(39)36-12-14-37(15-13-36)23-7-8-28(32-17-23)35-30-31-11-10-24(34-30)25-18-33-29-9-6-22(19-38(25)29)27-16-21-4-2-3-5-26(21)40-27/h2-11,16-19H,12-15H2,1H3,(H,31,32,34,35). The molecule has 5 aromatic heterocycles. The molecule has 0 unspecified atom stereocenters. The molecule has 7 rings (SSSR count). The lowest BCUT2D eigenvalue weighted by molar-refractivity contribution is -0.129. The van der Waals surface area contributed by atoms with E-state index in [0.29, 0.717) is 11.8 Å². The summed E-state index contributed by atoms with van der Waals surface area (Å²) in [5.41, 5.74) is 4.67. The molecule has 1 saturated heterocycles. The Hall–Kier alpha value is -4.83. The van der Waals surface area contributed by atoms with Gasteiger partial charge >= 0.3 is 0 Å². The topological polar surface area (TPSA) is 91.6 Å². The molecule has 1 aliphatic heterocycles. The van der Waals surface area contributed by atoms with Crippen molar-refractivity contribution in [3.05, 3.63) is 85.5 Å². The van der Waals surface area contributed by atoms with Crippen molar-refractivity contribution in [2.75, 3.05) is 36.4 Å². The highest BCUT2D eigenvalue weighted by Crippen LogP contribution is 2.34. The molecule has 0 saturated carbocycles. The molecule has 0 bridgehead atoms. The van der Waals surface area contributed by atoms with E-state index in [1.807, 2.05) is 41.6 Å². The van der Waals surface area contributed by atoms with Crippen molar-refractivity contribution < 1.29 is 4.79 Å². The van der Waals surface area contributed by atoms with Crippen molar-refractivity contribution in [1.82, 2.24) is 29.2 Å². The third-order valence-electron chi connectivity index (χ3n) is 7.21. The largest absolute Gasteiger partial charge is 0.367 e. The van der Waals surface area contributed by atoms with Gasteiger partial charge in [-0.3, -0.25) is 9.20 Å². The highest BCUT2D eigenvalue weighted by atomic mass is 32.1. The Kier molecular flexibility index (Phi) is 6.09. The fourth-order valence-corrected chi connectivity index (χ4v) is 6.10. The fourth-order valence-electron chi connectivity index (χ4n) is 5.04. The second kappa shape index (κ2) is 10.0. The first-order chi connectivity index (χ1) is 19.6. The van der Waals surface area contributed by atoms with Gasteiger partial charge < -0.3 is 15.1 Å². The number of benzene rings is 1. The lowest BCUT2D eigenvalue weighted by atomic mass is 10.2. The molecule has 0 atom stereocenters. The van der Waals surface area contributed by atoms with Gasteiger partial charge in [0, 0.05) is 60.6 Å². The molecule has 6 aromatic rings. The van der Waals surface area contributed by atoms with Gasteiger partial charge in [-0.2, -0.15) is 0 Å². The molecule has 0 spiro atoms. The maximum absolute atomic E-state index is 11.6. The van der Waals surface area contributed by atoms with Crippen molar-refractivity contribution >= 4 is 50.4 Å². The Morgan fingerprint density at radius 1 is 0.925 bits per heavy atom. The molecular formula is C30H26N8OS. The highest BCUT2D eigenvalue weighted by molar-refractivity contribution is 7.22. The average molecular weight is 547 g/mol. The molecular weight excluding hydrogens is 520 g/mol. The van der Waals surface area contributed by atoms with Gasteiger partial charge in [-0.15, -0.1) is 11.3 Å². The number of hydrogen-bond donors (Lipinski definition) is 1. The number of carbonyl (C=O) groups excluding carboxylic acids is 1. The summed E-state index contributed by atoms with van der Waals surface area (Å²) < 4.78 is 3.34. The second-order valence-electron chi connectivity index (χ2n) is 9.72. The summed E-state index contributed by atoms with van der Waals surface area (Å²) in [6.07, 6.45) is 7.54. The van der Waals surface area contributed by atoms with Gasteiger partial charge in [0.05, 0.1) is 29.5 Å². The van der Waals surface area contributed by atoms with Crippen LogP contribution in [0.1, 0.15) is 6.92 Å². The van der Waals surface area contributed by atoms with Crippen LogP contribution in [0, 0.1) is 0 Å². The lowest BCUT2D eigenvalue weighted by Crippen LogP contribution is -2.48. The number of thiophene rings is 1. The number of imidazole rings is 1. The number of hydrogen-bond acceptors (Lipinski definition) is 8. The highest BCUT2D eigenvalue weighted by Gasteiger charge is 2.19. The zero-order chi connectivity index (χ0) is 27.1. The zero-order valence-electron chi connectivity index (χ0n) is 21.9. The summed E-state index contributed by atoms with van der Waals surface area (Å²) in [6.45, 7) is 4.66. The van der Waals surface area contributed by atoms with Gasteiger partial charge in [0.25, 0.3) is 0 Å². The summed E-state index contributed by atoms with van der Waals surface area (Å²) in [7, 11) is 0. The van der Waals surface area contributed by atoms with E-state index in [9.17, 15) is 4.79 Å². The molecule has 40 heavy (non-hydrogen) atoms. The third-order valence-corrected chi connectivity index (χ3v) is 8.38. The first kappa shape index (κ1) is 24.2. The van der Waals surface area contributed by atoms with Crippen LogP contribution in [0.3, 0.4) is 0 Å². The van der Waals surface area contributed by atoms with Crippen molar-refractivity contribution in [2.45, 2.75) is 6.92 Å². The number of anilines is 3. The van der Waals surface area contributed by atoms with Gasteiger partial charge in [0.15, 0.2) is 0 Å². The minimum Gasteiger partial charge on any atom is -0.367 e. The SMILES string of the molecule is CC(=O)N1CCN(c2ccc(Nc3nccc(-c4cnc5ccc(-c6cc7ccccc7s6)cn45)n3)nc2)CC1. The molecule has 1 N–H and O–H groups in total. The summed E-state index contributed by atoms with van der Waals surface area (Å²) in [4.78, 5) is 35.3. The van der Waals surface area contributed by atoms with Crippen LogP contribution in [0.25, 0.3) is 37.6 Å². The third kappa shape index (κ3) is 4.62. The van der Waals surface area contributed by atoms with Crippen LogP contribution in [0.15, 0.2) is 85.5 Å². The van der Waals surface area contributed by atoms with Crippen LogP contribution < -0.4 is 10.2 Å². The van der Waals surface area contributed by atoms with Gasteiger partial charge in [-0.1, -0.05) is 18.2 Å². The van der Waals surface area contributed by atoms with Crippen LogP contribution in [0.5, 0.6) is 0 Å². The number of pyridine rings is 2. The first-order valence-electron chi connectivity index (χ1n) is 13.1. The quantitative estimate of drug-likeness (QED) is 0.306. The Bertz CT molecular complexity index is 1800. The first-order valence-corrected chi connectivity index (χ1v) is 14.0. The number of aromatic nitrogens is 5. The van der Waals surface area contributed by atoms with Crippen LogP contribution in [-0.4, -0.2) is 61.3 Å². The van der Waals surface area contributed by atoms with Crippen molar-refractivity contribution in [3.63, 3.8) is 0 Å². The Morgan fingerprint density at radius 3 is 2.60 bits per heavy atom. The zero-order valence-corrected chi connectivity index (χ0v) is 22.7. The molecule has 1 aliphatic rings. The van der Waals surface area contributed by atoms with Crippen LogP contribution in [0.4, 0.5) is 17.5 Å². The number of amides is 1. The molecule has 9 nitrogen and oxygen atoms in total. The summed E-state index contributed by atoms with van der Waals surface area (Å²) in [6, 6.07) is 20.7. The Morgan fingerprint density at radius 2 is 1.80 bits per heavy atom. The van der Waals surface area contributed by atoms with Crippen LogP contribution >= 0.6 is 11.3 Å². The summed E-state index contributed by atoms with van der Waals surface area (Å²) in [5.74, 6) is 1.25. The fraction of sp³-hybridized carbons (Fsp3) is 0.167. The molecule has 10 heteroatoms. The smallest absolute Gasteiger partial charge is 0.228 e. The minimum atomic E-state index is 0.125. The molecule has 6 heterocycles. The number of fused-ring (bicyclic) bond motifs is 2. The van der Waals surface area contributed by atoms with E-state index < -0.39 is 0 Å². The molecule has 198 valence electrons. The second-order valence-corrected chi connectivity index (χ2v) is 10.8. The van der Waals surface area contributed by atoms with E-state index in [0.717, 1.165) is 54.5 Å². The number of rotatable bonds is 5. The van der Waals surface area contributed by atoms with Gasteiger partial charge in [0.1, 0.15) is 11.5 Å². The maximum Gasteiger partial charge on any atom is 0.228 e.